The van der Waals surface area contributed by atoms with Crippen LogP contribution in [0.2, 0.25) is 5.02 Å². The molecule has 1 aliphatic carbocycles. The molecule has 1 fully saturated rings. The van der Waals surface area contributed by atoms with E-state index in [4.69, 9.17) is 16.6 Å². The van der Waals surface area contributed by atoms with E-state index in [2.05, 4.69) is 5.32 Å². The minimum Gasteiger partial charge on any atom is -0.331 e. The average Bonchev–Trinajstić information content (AvgIpc) is 3.49. The molecule has 2 aromatic carbocycles. The quantitative estimate of drug-likeness (QED) is 0.462. The molecule has 0 atom stereocenters. The Morgan fingerprint density at radius 1 is 1.09 bits per heavy atom. The molecule has 7 heteroatoms. The van der Waals surface area contributed by atoms with Crippen molar-refractivity contribution in [1.82, 2.24) is 14.5 Å². The van der Waals surface area contributed by atoms with Gasteiger partial charge in [0.2, 0.25) is 17.8 Å². The number of anilines is 1. The van der Waals surface area contributed by atoms with Gasteiger partial charge in [0.05, 0.1) is 5.69 Å². The molecule has 1 aromatic heterocycles. The summed E-state index contributed by atoms with van der Waals surface area (Å²) in [6, 6.07) is 15.4. The predicted octanol–water partition coefficient (Wildman–Crippen LogP) is 5.87. The van der Waals surface area contributed by atoms with E-state index in [-0.39, 0.29) is 30.3 Å². The highest BCUT2D eigenvalue weighted by Crippen LogP contribution is 2.28. The topological polar surface area (TPSA) is 67.2 Å². The molecule has 0 unspecified atom stereocenters. The minimum absolute atomic E-state index is 0.00400. The number of hydrogen-bond acceptors (Lipinski definition) is 3. The number of aryl methyl sites for hydroxylation is 1. The van der Waals surface area contributed by atoms with E-state index >= 15 is 0 Å². The molecule has 3 aromatic rings. The van der Waals surface area contributed by atoms with Crippen LogP contribution in [0.25, 0.3) is 16.9 Å². The van der Waals surface area contributed by atoms with Gasteiger partial charge in [0.1, 0.15) is 6.54 Å². The number of carbonyl (C=O) groups excluding carboxylic acids is 2. The zero-order valence-electron chi connectivity index (χ0n) is 19.9. The molecule has 0 aliphatic heterocycles. The van der Waals surface area contributed by atoms with Crippen molar-refractivity contribution in [3.63, 3.8) is 0 Å². The lowest BCUT2D eigenvalue weighted by molar-refractivity contribution is -0.140. The third-order valence-corrected chi connectivity index (χ3v) is 6.59. The van der Waals surface area contributed by atoms with Crippen LogP contribution in [0.15, 0.2) is 54.7 Å². The first-order valence-corrected chi connectivity index (χ1v) is 12.2. The minimum atomic E-state index is -0.262. The van der Waals surface area contributed by atoms with Crippen LogP contribution in [0.5, 0.6) is 0 Å². The molecule has 0 radical (unpaired) electrons. The SMILES string of the molecule is Cc1ccc(-n2cc(-c3ccc(Cl)cc3)nc2NC(=O)CN(C(=O)C2CCCC2)C(C)C)cc1. The molecule has 4 rings (SSSR count). The van der Waals surface area contributed by atoms with Crippen LogP contribution in [-0.4, -0.2) is 38.9 Å². The summed E-state index contributed by atoms with van der Waals surface area (Å²) < 4.78 is 1.86. The first-order chi connectivity index (χ1) is 16.3. The summed E-state index contributed by atoms with van der Waals surface area (Å²) in [5.41, 5.74) is 3.64. The summed E-state index contributed by atoms with van der Waals surface area (Å²) in [5.74, 6) is 0.255. The van der Waals surface area contributed by atoms with Crippen LogP contribution < -0.4 is 5.32 Å². The van der Waals surface area contributed by atoms with Gasteiger partial charge in [-0.15, -0.1) is 0 Å². The van der Waals surface area contributed by atoms with Crippen molar-refractivity contribution in [1.29, 1.82) is 0 Å². The lowest BCUT2D eigenvalue weighted by Crippen LogP contribution is -2.45. The van der Waals surface area contributed by atoms with Gasteiger partial charge in [-0.05, 0) is 57.9 Å². The Kier molecular flexibility index (Phi) is 7.37. The third-order valence-electron chi connectivity index (χ3n) is 6.33. The summed E-state index contributed by atoms with van der Waals surface area (Å²) in [4.78, 5) is 32.5. The Hall–Kier alpha value is -3.12. The Labute approximate surface area is 205 Å². The third kappa shape index (κ3) is 5.50. The molecule has 6 nitrogen and oxygen atoms in total. The van der Waals surface area contributed by atoms with E-state index in [0.29, 0.717) is 11.0 Å². The van der Waals surface area contributed by atoms with Gasteiger partial charge in [0, 0.05) is 34.4 Å². The number of nitrogens with one attached hydrogen (secondary N) is 1. The Bertz CT molecular complexity index is 1150. The molecule has 1 aliphatic rings. The number of imidazole rings is 1. The fraction of sp³-hybridized carbons (Fsp3) is 0.370. The maximum Gasteiger partial charge on any atom is 0.246 e. The maximum absolute atomic E-state index is 13.1. The highest BCUT2D eigenvalue weighted by Gasteiger charge is 2.30. The van der Waals surface area contributed by atoms with Gasteiger partial charge in [-0.2, -0.15) is 0 Å². The van der Waals surface area contributed by atoms with Gasteiger partial charge in [-0.25, -0.2) is 4.98 Å². The van der Waals surface area contributed by atoms with E-state index in [0.717, 1.165) is 48.2 Å². The van der Waals surface area contributed by atoms with Gasteiger partial charge < -0.3 is 4.90 Å². The van der Waals surface area contributed by atoms with Crippen LogP contribution in [0, 0.1) is 12.8 Å². The largest absolute Gasteiger partial charge is 0.331 e. The Balaban J connectivity index is 1.60. The highest BCUT2D eigenvalue weighted by molar-refractivity contribution is 6.30. The van der Waals surface area contributed by atoms with Crippen molar-refractivity contribution < 1.29 is 9.59 Å². The second kappa shape index (κ2) is 10.4. The molecule has 2 amide bonds. The molecule has 178 valence electrons. The van der Waals surface area contributed by atoms with Crippen molar-refractivity contribution in [2.75, 3.05) is 11.9 Å². The molecule has 0 saturated heterocycles. The molecular formula is C27H31ClN4O2. The van der Waals surface area contributed by atoms with E-state index < -0.39 is 0 Å². The number of halogens is 1. The lowest BCUT2D eigenvalue weighted by Gasteiger charge is -2.28. The second-order valence-corrected chi connectivity index (χ2v) is 9.69. The Morgan fingerprint density at radius 2 is 1.74 bits per heavy atom. The molecular weight excluding hydrogens is 448 g/mol. The van der Waals surface area contributed by atoms with Crippen molar-refractivity contribution in [3.8, 4) is 16.9 Å². The molecule has 1 N–H and O–H groups in total. The number of aromatic nitrogens is 2. The fourth-order valence-corrected chi connectivity index (χ4v) is 4.50. The monoisotopic (exact) mass is 478 g/mol. The van der Waals surface area contributed by atoms with Gasteiger partial charge >= 0.3 is 0 Å². The normalized spacial score (nSPS) is 13.9. The predicted molar refractivity (Wildman–Crippen MR) is 136 cm³/mol. The van der Waals surface area contributed by atoms with Crippen LogP contribution >= 0.6 is 11.6 Å². The van der Waals surface area contributed by atoms with Crippen molar-refractivity contribution in [2.24, 2.45) is 5.92 Å². The number of rotatable bonds is 7. The molecule has 1 saturated carbocycles. The zero-order chi connectivity index (χ0) is 24.2. The summed E-state index contributed by atoms with van der Waals surface area (Å²) in [6.45, 7) is 5.93. The number of carbonyl (C=O) groups is 2. The smallest absolute Gasteiger partial charge is 0.246 e. The van der Waals surface area contributed by atoms with Crippen LogP contribution in [0.4, 0.5) is 5.95 Å². The molecule has 0 spiro atoms. The van der Waals surface area contributed by atoms with Gasteiger partial charge in [0.15, 0.2) is 0 Å². The van der Waals surface area contributed by atoms with Gasteiger partial charge in [-0.1, -0.05) is 54.3 Å². The molecule has 1 heterocycles. The fourth-order valence-electron chi connectivity index (χ4n) is 4.37. The summed E-state index contributed by atoms with van der Waals surface area (Å²) in [7, 11) is 0. The lowest BCUT2D eigenvalue weighted by atomic mass is 10.1. The van der Waals surface area contributed by atoms with E-state index in [1.54, 1.807) is 4.90 Å². The Morgan fingerprint density at radius 3 is 2.35 bits per heavy atom. The maximum atomic E-state index is 13.1. The summed E-state index contributed by atoms with van der Waals surface area (Å²) in [6.07, 6.45) is 5.87. The standard InChI is InChI=1S/C27H31ClN4O2/c1-18(2)31(26(34)21-6-4-5-7-21)17-25(33)30-27-29-24(20-10-12-22(28)13-11-20)16-32(27)23-14-8-19(3)9-15-23/h8-16,18,21H,4-7,17H2,1-3H3,(H,29,30,33). The van der Waals surface area contributed by atoms with Crippen molar-refractivity contribution >= 4 is 29.4 Å². The number of benzene rings is 2. The number of nitrogens with zero attached hydrogens (tertiary/aromatic N) is 3. The number of amides is 2. The van der Waals surface area contributed by atoms with Gasteiger partial charge in [-0.3, -0.25) is 19.5 Å². The average molecular weight is 479 g/mol. The van der Waals surface area contributed by atoms with Gasteiger partial charge in [0.25, 0.3) is 0 Å². The summed E-state index contributed by atoms with van der Waals surface area (Å²) >= 11 is 6.05. The first-order valence-electron chi connectivity index (χ1n) is 11.8. The van der Waals surface area contributed by atoms with Crippen LogP contribution in [-0.2, 0) is 9.59 Å². The van der Waals surface area contributed by atoms with E-state index in [9.17, 15) is 9.59 Å². The van der Waals surface area contributed by atoms with E-state index in [1.165, 1.54) is 0 Å². The molecule has 34 heavy (non-hydrogen) atoms. The second-order valence-electron chi connectivity index (χ2n) is 9.25. The van der Waals surface area contributed by atoms with Crippen LogP contribution in [0.1, 0.15) is 45.1 Å². The van der Waals surface area contributed by atoms with Crippen molar-refractivity contribution in [3.05, 3.63) is 65.3 Å². The highest BCUT2D eigenvalue weighted by atomic mass is 35.5. The zero-order valence-corrected chi connectivity index (χ0v) is 20.7. The van der Waals surface area contributed by atoms with Crippen LogP contribution in [0.3, 0.4) is 0 Å². The summed E-state index contributed by atoms with van der Waals surface area (Å²) in [5, 5.41) is 3.60. The van der Waals surface area contributed by atoms with Crippen molar-refractivity contribution in [2.45, 2.75) is 52.5 Å². The number of hydrogen-bond donors (Lipinski definition) is 1. The first kappa shape index (κ1) is 24.0. The molecule has 0 bridgehead atoms. The van der Waals surface area contributed by atoms with E-state index in [1.807, 2.05) is 80.1 Å².